The summed E-state index contributed by atoms with van der Waals surface area (Å²) in [7, 11) is 2.11. The van der Waals surface area contributed by atoms with Gasteiger partial charge in [-0.1, -0.05) is 33.1 Å². The van der Waals surface area contributed by atoms with Crippen LogP contribution in [0.3, 0.4) is 0 Å². The predicted octanol–water partition coefficient (Wildman–Crippen LogP) is 4.20. The summed E-state index contributed by atoms with van der Waals surface area (Å²) in [6.07, 6.45) is 11.3. The molecule has 1 aliphatic carbocycles. The molecule has 1 N–H and O–H groups in total. The van der Waals surface area contributed by atoms with Crippen molar-refractivity contribution in [2.75, 3.05) is 7.05 Å². The van der Waals surface area contributed by atoms with Crippen molar-refractivity contribution in [1.82, 2.24) is 15.1 Å². The van der Waals surface area contributed by atoms with Gasteiger partial charge in [0.1, 0.15) is 0 Å². The molecule has 1 aromatic heterocycles. The second-order valence-corrected chi connectivity index (χ2v) is 6.83. The van der Waals surface area contributed by atoms with Gasteiger partial charge in [0.15, 0.2) is 0 Å². The van der Waals surface area contributed by atoms with Crippen LogP contribution in [-0.2, 0) is 6.42 Å². The molecule has 120 valence electrons. The molecular formula is C18H33N3. The molecule has 2 rings (SSSR count). The van der Waals surface area contributed by atoms with Gasteiger partial charge in [0.25, 0.3) is 0 Å². The van der Waals surface area contributed by atoms with Crippen LogP contribution in [0.1, 0.15) is 71.0 Å². The van der Waals surface area contributed by atoms with Crippen molar-refractivity contribution in [2.24, 2.45) is 11.8 Å². The Hall–Kier alpha value is -0.830. The largest absolute Gasteiger partial charge is 0.316 e. The molecule has 0 spiro atoms. The summed E-state index contributed by atoms with van der Waals surface area (Å²) in [5.41, 5.74) is 1.24. The molecule has 1 aliphatic rings. The lowest BCUT2D eigenvalue weighted by Crippen LogP contribution is -2.37. The lowest BCUT2D eigenvalue weighted by atomic mass is 9.76. The first-order valence-corrected chi connectivity index (χ1v) is 8.89. The Labute approximate surface area is 130 Å². The summed E-state index contributed by atoms with van der Waals surface area (Å²) in [5.74, 6) is 1.80. The molecule has 3 heteroatoms. The van der Waals surface area contributed by atoms with E-state index < -0.39 is 0 Å². The lowest BCUT2D eigenvalue weighted by molar-refractivity contribution is 0.221. The Kier molecular flexibility index (Phi) is 6.28. The van der Waals surface area contributed by atoms with E-state index in [-0.39, 0.29) is 0 Å². The van der Waals surface area contributed by atoms with Gasteiger partial charge in [-0.25, -0.2) is 0 Å². The van der Waals surface area contributed by atoms with Crippen LogP contribution in [0.5, 0.6) is 0 Å². The maximum Gasteiger partial charge on any atom is 0.0640 e. The number of hydrogen-bond acceptors (Lipinski definition) is 2. The van der Waals surface area contributed by atoms with Crippen LogP contribution in [-0.4, -0.2) is 22.9 Å². The molecule has 0 amide bonds. The Morgan fingerprint density at radius 1 is 1.29 bits per heavy atom. The number of likely N-dealkylation sites (N-methyl/N-ethyl adjacent to an activating group) is 1. The third kappa shape index (κ3) is 4.32. The highest BCUT2D eigenvalue weighted by Crippen LogP contribution is 2.33. The average molecular weight is 291 g/mol. The quantitative estimate of drug-likeness (QED) is 0.816. The maximum absolute atomic E-state index is 4.77. The van der Waals surface area contributed by atoms with Crippen LogP contribution in [0.15, 0.2) is 12.3 Å². The van der Waals surface area contributed by atoms with Gasteiger partial charge in [-0.05, 0) is 51.1 Å². The molecule has 0 aliphatic heterocycles. The van der Waals surface area contributed by atoms with E-state index in [1.54, 1.807) is 0 Å². The van der Waals surface area contributed by atoms with Crippen molar-refractivity contribution >= 4 is 0 Å². The molecule has 0 radical (unpaired) electrons. The van der Waals surface area contributed by atoms with Crippen molar-refractivity contribution in [3.8, 4) is 0 Å². The van der Waals surface area contributed by atoms with Gasteiger partial charge in [-0.15, -0.1) is 0 Å². The summed E-state index contributed by atoms with van der Waals surface area (Å²) in [6, 6.07) is 3.30. The Bertz CT molecular complexity index is 404. The smallest absolute Gasteiger partial charge is 0.0640 e. The van der Waals surface area contributed by atoms with E-state index in [1.165, 1.54) is 37.8 Å². The van der Waals surface area contributed by atoms with Crippen LogP contribution >= 0.6 is 0 Å². The zero-order chi connectivity index (χ0) is 15.2. The van der Waals surface area contributed by atoms with E-state index in [0.717, 1.165) is 24.7 Å². The molecule has 21 heavy (non-hydrogen) atoms. The molecule has 3 nitrogen and oxygen atoms in total. The van der Waals surface area contributed by atoms with Crippen LogP contribution in [0.25, 0.3) is 0 Å². The minimum absolute atomic E-state index is 0.506. The number of nitrogens with one attached hydrogen (secondary N) is 1. The molecule has 1 saturated carbocycles. The lowest BCUT2D eigenvalue weighted by Gasteiger charge is -2.33. The van der Waals surface area contributed by atoms with Crippen molar-refractivity contribution in [3.63, 3.8) is 0 Å². The van der Waals surface area contributed by atoms with Crippen molar-refractivity contribution in [2.45, 2.75) is 77.8 Å². The van der Waals surface area contributed by atoms with Crippen LogP contribution in [0, 0.1) is 11.8 Å². The summed E-state index contributed by atoms with van der Waals surface area (Å²) in [5, 5.41) is 8.33. The molecular weight excluding hydrogens is 258 g/mol. The number of hydrogen-bond donors (Lipinski definition) is 1. The highest BCUT2D eigenvalue weighted by atomic mass is 15.3. The zero-order valence-electron chi connectivity index (χ0n) is 14.3. The number of aromatic nitrogens is 2. The Morgan fingerprint density at radius 3 is 2.57 bits per heavy atom. The zero-order valence-corrected chi connectivity index (χ0v) is 14.3. The van der Waals surface area contributed by atoms with Crippen molar-refractivity contribution in [3.05, 3.63) is 18.0 Å². The van der Waals surface area contributed by atoms with E-state index >= 15 is 0 Å². The van der Waals surface area contributed by atoms with Gasteiger partial charge in [-0.2, -0.15) is 5.10 Å². The number of nitrogens with zero attached hydrogens (tertiary/aromatic N) is 2. The topological polar surface area (TPSA) is 29.9 Å². The van der Waals surface area contributed by atoms with Crippen molar-refractivity contribution in [1.29, 1.82) is 0 Å². The van der Waals surface area contributed by atoms with E-state index in [9.17, 15) is 0 Å². The standard InChI is InChI=1S/C18H33N3/c1-5-14(3)21-12-11-17(20-21)13-18(19-4)16-9-7-15(6-2)8-10-16/h11-12,14-16,18-19H,5-10,13H2,1-4H3. The molecule has 0 aromatic carbocycles. The van der Waals surface area contributed by atoms with Gasteiger partial charge in [0, 0.05) is 24.7 Å². The highest BCUT2D eigenvalue weighted by molar-refractivity contribution is 5.03. The highest BCUT2D eigenvalue weighted by Gasteiger charge is 2.26. The molecule has 2 atom stereocenters. The summed E-state index contributed by atoms with van der Waals surface area (Å²) >= 11 is 0. The second kappa shape index (κ2) is 7.98. The number of rotatable bonds is 7. The molecule has 2 unspecified atom stereocenters. The second-order valence-electron chi connectivity index (χ2n) is 6.83. The fourth-order valence-electron chi connectivity index (χ4n) is 3.65. The first-order chi connectivity index (χ1) is 10.2. The van der Waals surface area contributed by atoms with Crippen molar-refractivity contribution < 1.29 is 0 Å². The molecule has 1 fully saturated rings. The third-order valence-electron chi connectivity index (χ3n) is 5.54. The average Bonchev–Trinajstić information content (AvgIpc) is 3.00. The van der Waals surface area contributed by atoms with Gasteiger partial charge in [-0.3, -0.25) is 4.68 Å². The Morgan fingerprint density at radius 2 is 2.00 bits per heavy atom. The first kappa shape index (κ1) is 16.5. The Balaban J connectivity index is 1.91. The van der Waals surface area contributed by atoms with E-state index in [1.807, 2.05) is 0 Å². The van der Waals surface area contributed by atoms with Gasteiger partial charge in [0.05, 0.1) is 5.69 Å². The van der Waals surface area contributed by atoms with E-state index in [2.05, 4.69) is 50.1 Å². The third-order valence-corrected chi connectivity index (χ3v) is 5.54. The van der Waals surface area contributed by atoms with E-state index in [4.69, 9.17) is 5.10 Å². The molecule has 0 bridgehead atoms. The summed E-state index contributed by atoms with van der Waals surface area (Å²) < 4.78 is 2.12. The maximum atomic E-state index is 4.77. The fourth-order valence-corrected chi connectivity index (χ4v) is 3.65. The molecule has 1 aromatic rings. The van der Waals surface area contributed by atoms with Gasteiger partial charge >= 0.3 is 0 Å². The first-order valence-electron chi connectivity index (χ1n) is 8.89. The van der Waals surface area contributed by atoms with Gasteiger partial charge < -0.3 is 5.32 Å². The monoisotopic (exact) mass is 291 g/mol. The van der Waals surface area contributed by atoms with Crippen LogP contribution in [0.2, 0.25) is 0 Å². The molecule has 0 saturated heterocycles. The van der Waals surface area contributed by atoms with Crippen LogP contribution in [0.4, 0.5) is 0 Å². The minimum Gasteiger partial charge on any atom is -0.316 e. The van der Waals surface area contributed by atoms with Gasteiger partial charge in [0.2, 0.25) is 0 Å². The van der Waals surface area contributed by atoms with E-state index in [0.29, 0.717) is 12.1 Å². The minimum atomic E-state index is 0.506. The summed E-state index contributed by atoms with van der Waals surface area (Å²) in [6.45, 7) is 6.79. The predicted molar refractivity (Wildman–Crippen MR) is 89.5 cm³/mol. The SMILES string of the molecule is CCC1CCC(C(Cc2ccn(C(C)CC)n2)NC)CC1. The van der Waals surface area contributed by atoms with Crippen LogP contribution < -0.4 is 5.32 Å². The fraction of sp³-hybridized carbons (Fsp3) is 0.833. The summed E-state index contributed by atoms with van der Waals surface area (Å²) in [4.78, 5) is 0. The normalized spacial score (nSPS) is 25.7. The molecule has 1 heterocycles.